The van der Waals surface area contributed by atoms with E-state index in [-0.39, 0.29) is 5.41 Å². The summed E-state index contributed by atoms with van der Waals surface area (Å²) in [6.07, 6.45) is 0. The molecule has 2 heteroatoms. The van der Waals surface area contributed by atoms with E-state index in [1.807, 2.05) is 20.8 Å². The van der Waals surface area contributed by atoms with E-state index in [0.717, 1.165) is 0 Å². The van der Waals surface area contributed by atoms with Crippen LogP contribution >= 0.6 is 0 Å². The van der Waals surface area contributed by atoms with E-state index < -0.39 is 5.79 Å². The third kappa shape index (κ3) is 9.04. The molecule has 0 radical (unpaired) electrons. The Hall–Kier alpha value is -0.960. The molecule has 0 saturated carbocycles. The summed E-state index contributed by atoms with van der Waals surface area (Å²) in [7, 11) is 0. The maximum atomic E-state index is 8.76. The van der Waals surface area contributed by atoms with Gasteiger partial charge in [0.2, 0.25) is 5.79 Å². The maximum absolute atomic E-state index is 8.76. The highest BCUT2D eigenvalue weighted by Gasteiger charge is 2.08. The van der Waals surface area contributed by atoms with Crippen LogP contribution in [0.15, 0.2) is 0 Å². The Morgan fingerprint density at radius 1 is 0.833 bits per heavy atom. The molecule has 0 atom stereocenters. The maximum Gasteiger partial charge on any atom is 0.226 e. The molecule has 0 aliphatic heterocycles. The summed E-state index contributed by atoms with van der Waals surface area (Å²) >= 11 is 0. The van der Waals surface area contributed by atoms with Crippen molar-refractivity contribution in [1.82, 2.24) is 0 Å². The Balaban J connectivity index is 4.27. The smallest absolute Gasteiger partial charge is 0.226 e. The van der Waals surface area contributed by atoms with E-state index >= 15 is 0 Å². The van der Waals surface area contributed by atoms with Gasteiger partial charge in [-0.1, -0.05) is 5.92 Å². The van der Waals surface area contributed by atoms with Crippen LogP contribution in [0.2, 0.25) is 0 Å². The van der Waals surface area contributed by atoms with Crippen LogP contribution in [0.5, 0.6) is 0 Å². The normalized spacial score (nSPS) is 10.8. The molecule has 0 aromatic carbocycles. The molecule has 0 aromatic rings. The number of hydrogen-bond acceptors (Lipinski definition) is 2. The molecule has 66 valence electrons. The molecule has 0 amide bonds. The van der Waals surface area contributed by atoms with Crippen molar-refractivity contribution in [1.29, 1.82) is 0 Å². The van der Waals surface area contributed by atoms with Crippen LogP contribution in [0.25, 0.3) is 0 Å². The van der Waals surface area contributed by atoms with Crippen molar-refractivity contribution in [3.8, 4) is 23.7 Å². The Bertz CT molecular complexity index is 225. The van der Waals surface area contributed by atoms with Crippen LogP contribution in [0, 0.1) is 29.1 Å². The fourth-order valence-electron chi connectivity index (χ4n) is 0.368. The van der Waals surface area contributed by atoms with Crippen LogP contribution in [0.4, 0.5) is 0 Å². The fourth-order valence-corrected chi connectivity index (χ4v) is 0.368. The molecule has 0 fully saturated rings. The Morgan fingerprint density at radius 3 is 1.58 bits per heavy atom. The molecule has 0 saturated heterocycles. The number of rotatable bonds is 0. The van der Waals surface area contributed by atoms with Crippen LogP contribution in [-0.4, -0.2) is 16.0 Å². The quantitative estimate of drug-likeness (QED) is 0.411. The van der Waals surface area contributed by atoms with Gasteiger partial charge in [-0.05, 0) is 38.5 Å². The Kier molecular flexibility index (Phi) is 3.34. The van der Waals surface area contributed by atoms with Gasteiger partial charge in [0.25, 0.3) is 0 Å². The van der Waals surface area contributed by atoms with E-state index in [2.05, 4.69) is 23.7 Å². The first-order chi connectivity index (χ1) is 5.21. The predicted molar refractivity (Wildman–Crippen MR) is 47.8 cm³/mol. The topological polar surface area (TPSA) is 40.5 Å². The Labute approximate surface area is 73.6 Å². The molecule has 0 heterocycles. The lowest BCUT2D eigenvalue weighted by atomic mass is 9.98. The van der Waals surface area contributed by atoms with Crippen molar-refractivity contribution >= 4 is 0 Å². The molecule has 0 rings (SSSR count). The monoisotopic (exact) mass is 166 g/mol. The summed E-state index contributed by atoms with van der Waals surface area (Å²) in [4.78, 5) is 0. The Morgan fingerprint density at radius 2 is 1.25 bits per heavy atom. The molecule has 2 N–H and O–H groups in total. The van der Waals surface area contributed by atoms with Crippen molar-refractivity contribution in [3.63, 3.8) is 0 Å². The van der Waals surface area contributed by atoms with Gasteiger partial charge in [0, 0.05) is 12.3 Å². The average Bonchev–Trinajstić information content (AvgIpc) is 1.76. The van der Waals surface area contributed by atoms with E-state index in [0.29, 0.717) is 0 Å². The summed E-state index contributed by atoms with van der Waals surface area (Å²) in [6, 6.07) is 0. The lowest BCUT2D eigenvalue weighted by Gasteiger charge is -2.06. The molecule has 0 bridgehead atoms. The van der Waals surface area contributed by atoms with Crippen LogP contribution in [0.1, 0.15) is 27.7 Å². The SMILES string of the molecule is CC(C)(C)C#CC#CC(C)(O)O. The van der Waals surface area contributed by atoms with Crippen LogP contribution in [0.3, 0.4) is 0 Å². The molecular formula is C10H14O2. The minimum Gasteiger partial charge on any atom is -0.356 e. The summed E-state index contributed by atoms with van der Waals surface area (Å²) < 4.78 is 0. The van der Waals surface area contributed by atoms with Gasteiger partial charge in [0.05, 0.1) is 0 Å². The molecule has 0 unspecified atom stereocenters. The highest BCUT2D eigenvalue weighted by atomic mass is 16.5. The highest BCUT2D eigenvalue weighted by Crippen LogP contribution is 2.09. The first kappa shape index (κ1) is 11.0. The summed E-state index contributed by atoms with van der Waals surface area (Å²) in [6.45, 7) is 7.06. The van der Waals surface area contributed by atoms with Crippen molar-refractivity contribution in [2.45, 2.75) is 33.5 Å². The predicted octanol–water partition coefficient (Wildman–Crippen LogP) is 0.740. The molecule has 0 aromatic heterocycles. The van der Waals surface area contributed by atoms with Gasteiger partial charge in [-0.15, -0.1) is 0 Å². The van der Waals surface area contributed by atoms with Gasteiger partial charge in [-0.25, -0.2) is 0 Å². The van der Waals surface area contributed by atoms with Gasteiger partial charge in [0.1, 0.15) is 0 Å². The third-order valence-corrected chi connectivity index (χ3v) is 0.799. The second-order valence-corrected chi connectivity index (χ2v) is 3.77. The standard InChI is InChI=1S/C10H14O2/c1-9(2,3)7-5-6-8-10(4,11)12/h11-12H,1-4H3. The zero-order chi connectivity index (χ0) is 9.83. The van der Waals surface area contributed by atoms with E-state index in [4.69, 9.17) is 10.2 Å². The van der Waals surface area contributed by atoms with Gasteiger partial charge in [0.15, 0.2) is 0 Å². The van der Waals surface area contributed by atoms with Gasteiger partial charge in [-0.2, -0.15) is 0 Å². The first-order valence-corrected chi connectivity index (χ1v) is 3.70. The summed E-state index contributed by atoms with van der Waals surface area (Å²) in [5, 5.41) is 17.5. The van der Waals surface area contributed by atoms with Crippen molar-refractivity contribution in [3.05, 3.63) is 0 Å². The fraction of sp³-hybridized carbons (Fsp3) is 0.600. The van der Waals surface area contributed by atoms with Gasteiger partial charge in [-0.3, -0.25) is 0 Å². The molecule has 2 nitrogen and oxygen atoms in total. The second-order valence-electron chi connectivity index (χ2n) is 3.77. The van der Waals surface area contributed by atoms with Crippen molar-refractivity contribution in [2.24, 2.45) is 5.41 Å². The lowest BCUT2D eigenvalue weighted by Crippen LogP contribution is -2.19. The third-order valence-electron chi connectivity index (χ3n) is 0.799. The van der Waals surface area contributed by atoms with Gasteiger partial charge >= 0.3 is 0 Å². The molecule has 0 aliphatic carbocycles. The summed E-state index contributed by atoms with van der Waals surface area (Å²) in [5.74, 6) is 8.01. The second kappa shape index (κ2) is 3.63. The largest absolute Gasteiger partial charge is 0.356 e. The van der Waals surface area contributed by atoms with E-state index in [1.54, 1.807) is 0 Å². The number of aliphatic hydroxyl groups is 2. The van der Waals surface area contributed by atoms with Crippen LogP contribution < -0.4 is 0 Å². The van der Waals surface area contributed by atoms with Crippen LogP contribution in [-0.2, 0) is 0 Å². The zero-order valence-electron chi connectivity index (χ0n) is 7.89. The van der Waals surface area contributed by atoms with E-state index in [9.17, 15) is 0 Å². The minimum atomic E-state index is -1.94. The van der Waals surface area contributed by atoms with E-state index in [1.165, 1.54) is 6.92 Å². The highest BCUT2D eigenvalue weighted by molar-refractivity contribution is 5.29. The van der Waals surface area contributed by atoms with Crippen molar-refractivity contribution in [2.75, 3.05) is 0 Å². The number of hydrogen-bond donors (Lipinski definition) is 2. The average molecular weight is 166 g/mol. The molecule has 0 aliphatic rings. The molecular weight excluding hydrogens is 152 g/mol. The zero-order valence-corrected chi connectivity index (χ0v) is 7.89. The molecule has 0 spiro atoms. The minimum absolute atomic E-state index is 0.101. The molecule has 12 heavy (non-hydrogen) atoms. The van der Waals surface area contributed by atoms with Gasteiger partial charge < -0.3 is 10.2 Å². The van der Waals surface area contributed by atoms with Crippen molar-refractivity contribution < 1.29 is 10.2 Å². The first-order valence-electron chi connectivity index (χ1n) is 3.70. The summed E-state index contributed by atoms with van der Waals surface area (Å²) in [5.41, 5.74) is -0.101. The lowest BCUT2D eigenvalue weighted by molar-refractivity contribution is -0.0914.